The number of rotatable bonds is 5. The topological polar surface area (TPSA) is 75.9 Å². The lowest BCUT2D eigenvalue weighted by Crippen LogP contribution is -2.02. The molecule has 0 bridgehead atoms. The minimum atomic E-state index is 0.515. The van der Waals surface area contributed by atoms with Gasteiger partial charge >= 0.3 is 0 Å². The van der Waals surface area contributed by atoms with E-state index < -0.39 is 0 Å². The maximum atomic E-state index is 5.36. The zero-order valence-corrected chi connectivity index (χ0v) is 14.7. The van der Waals surface area contributed by atoms with E-state index in [1.807, 2.05) is 37.3 Å². The monoisotopic (exact) mass is 385 g/mol. The van der Waals surface area contributed by atoms with Crippen LogP contribution in [0.4, 0.5) is 23.3 Å². The van der Waals surface area contributed by atoms with Gasteiger partial charge in [-0.05, 0) is 47.3 Å². The van der Waals surface area contributed by atoms with Gasteiger partial charge < -0.3 is 15.2 Å². The van der Waals surface area contributed by atoms with Gasteiger partial charge in [-0.3, -0.25) is 0 Å². The van der Waals surface area contributed by atoms with Gasteiger partial charge in [0.15, 0.2) is 11.6 Å². The second kappa shape index (κ2) is 6.24. The average Bonchev–Trinajstić information content (AvgIpc) is 3.33. The molecule has 0 unspecified atom stereocenters. The number of nitrogens with one attached hydrogen (secondary N) is 2. The first-order chi connectivity index (χ1) is 11.7. The molecule has 2 N–H and O–H groups in total. The molecule has 3 aromatic rings. The van der Waals surface area contributed by atoms with Crippen LogP contribution in [0.2, 0.25) is 0 Å². The van der Waals surface area contributed by atoms with Crippen molar-refractivity contribution in [3.8, 4) is 0 Å². The van der Waals surface area contributed by atoms with E-state index in [-0.39, 0.29) is 0 Å². The number of anilines is 4. The third-order valence-electron chi connectivity index (χ3n) is 3.89. The molecule has 0 radical (unpaired) electrons. The molecule has 7 heteroatoms. The van der Waals surface area contributed by atoms with Gasteiger partial charge in [0, 0.05) is 23.9 Å². The summed E-state index contributed by atoms with van der Waals surface area (Å²) in [6.07, 6.45) is 4.06. The number of aromatic nitrogens is 3. The van der Waals surface area contributed by atoms with Crippen molar-refractivity contribution in [3.05, 3.63) is 52.3 Å². The Bertz CT molecular complexity index is 875. The van der Waals surface area contributed by atoms with Crippen molar-refractivity contribution in [2.45, 2.75) is 25.7 Å². The van der Waals surface area contributed by atoms with Crippen molar-refractivity contribution in [2.24, 2.45) is 0 Å². The molecular weight excluding hydrogens is 370 g/mol. The zero-order valence-electron chi connectivity index (χ0n) is 13.1. The smallest absolute Gasteiger partial charge is 0.229 e. The first-order valence-electron chi connectivity index (χ1n) is 7.78. The van der Waals surface area contributed by atoms with Crippen molar-refractivity contribution >= 4 is 39.2 Å². The molecule has 1 fully saturated rings. The van der Waals surface area contributed by atoms with Crippen LogP contribution in [0.15, 0.2) is 45.5 Å². The normalized spacial score (nSPS) is 13.8. The van der Waals surface area contributed by atoms with Crippen molar-refractivity contribution < 1.29 is 4.52 Å². The van der Waals surface area contributed by atoms with E-state index >= 15 is 0 Å². The van der Waals surface area contributed by atoms with Crippen LogP contribution >= 0.6 is 15.9 Å². The molecule has 0 amide bonds. The Morgan fingerprint density at radius 2 is 2.04 bits per heavy atom. The van der Waals surface area contributed by atoms with Crippen LogP contribution in [0.3, 0.4) is 0 Å². The van der Waals surface area contributed by atoms with Crippen LogP contribution < -0.4 is 10.6 Å². The number of para-hydroxylation sites is 1. The Hall–Kier alpha value is -2.41. The van der Waals surface area contributed by atoms with Gasteiger partial charge in [0.05, 0.1) is 4.47 Å². The lowest BCUT2D eigenvalue weighted by atomic mass is 10.2. The molecule has 1 aliphatic rings. The SMILES string of the molecule is Cc1ccccc1Nc1ncc(Br)c(Nc2cc(C3CC3)on2)n1. The summed E-state index contributed by atoms with van der Waals surface area (Å²) in [5.41, 5.74) is 2.10. The summed E-state index contributed by atoms with van der Waals surface area (Å²) in [6.45, 7) is 2.04. The highest BCUT2D eigenvalue weighted by Gasteiger charge is 2.28. The summed E-state index contributed by atoms with van der Waals surface area (Å²) in [7, 11) is 0. The highest BCUT2D eigenvalue weighted by molar-refractivity contribution is 9.10. The third-order valence-corrected chi connectivity index (χ3v) is 4.47. The maximum Gasteiger partial charge on any atom is 0.229 e. The van der Waals surface area contributed by atoms with Crippen LogP contribution in [0.25, 0.3) is 0 Å². The minimum absolute atomic E-state index is 0.515. The largest absolute Gasteiger partial charge is 0.359 e. The molecule has 4 rings (SSSR count). The second-order valence-electron chi connectivity index (χ2n) is 5.84. The van der Waals surface area contributed by atoms with E-state index in [4.69, 9.17) is 4.52 Å². The fourth-order valence-electron chi connectivity index (χ4n) is 2.38. The molecule has 1 aromatic carbocycles. The van der Waals surface area contributed by atoms with E-state index in [9.17, 15) is 0 Å². The molecule has 122 valence electrons. The minimum Gasteiger partial charge on any atom is -0.359 e. The van der Waals surface area contributed by atoms with Gasteiger partial charge in [-0.15, -0.1) is 0 Å². The number of hydrogen-bond donors (Lipinski definition) is 2. The van der Waals surface area contributed by atoms with Crippen molar-refractivity contribution in [1.82, 2.24) is 15.1 Å². The summed E-state index contributed by atoms with van der Waals surface area (Å²) in [5.74, 6) is 3.26. The van der Waals surface area contributed by atoms with Gasteiger partial charge in [-0.1, -0.05) is 23.4 Å². The van der Waals surface area contributed by atoms with Crippen molar-refractivity contribution in [1.29, 1.82) is 0 Å². The summed E-state index contributed by atoms with van der Waals surface area (Å²) in [6, 6.07) is 9.93. The van der Waals surface area contributed by atoms with Crippen LogP contribution in [-0.2, 0) is 0 Å². The molecule has 24 heavy (non-hydrogen) atoms. The predicted octanol–water partition coefficient (Wildman–Crippen LogP) is 4.90. The molecule has 2 aromatic heterocycles. The number of aryl methyl sites for hydroxylation is 1. The zero-order chi connectivity index (χ0) is 16.5. The van der Waals surface area contributed by atoms with Gasteiger partial charge in [-0.25, -0.2) is 4.98 Å². The van der Waals surface area contributed by atoms with E-state index in [1.165, 1.54) is 12.8 Å². The number of halogens is 1. The fourth-order valence-corrected chi connectivity index (χ4v) is 2.67. The Labute approximate surface area is 147 Å². The summed E-state index contributed by atoms with van der Waals surface area (Å²) >= 11 is 3.46. The van der Waals surface area contributed by atoms with Gasteiger partial charge in [0.1, 0.15) is 5.76 Å². The van der Waals surface area contributed by atoms with Gasteiger partial charge in [0.25, 0.3) is 0 Å². The van der Waals surface area contributed by atoms with E-state index in [1.54, 1.807) is 6.20 Å². The molecule has 0 atom stereocenters. The van der Waals surface area contributed by atoms with E-state index in [0.29, 0.717) is 23.5 Å². The Morgan fingerprint density at radius 3 is 2.83 bits per heavy atom. The number of nitrogens with zero attached hydrogens (tertiary/aromatic N) is 3. The summed E-state index contributed by atoms with van der Waals surface area (Å²) in [5, 5.41) is 10.5. The number of benzene rings is 1. The van der Waals surface area contributed by atoms with Crippen molar-refractivity contribution in [3.63, 3.8) is 0 Å². The fraction of sp³-hybridized carbons (Fsp3) is 0.235. The van der Waals surface area contributed by atoms with Crippen LogP contribution in [0.1, 0.15) is 30.1 Å². The van der Waals surface area contributed by atoms with Gasteiger partial charge in [-0.2, -0.15) is 4.98 Å². The molecule has 0 saturated heterocycles. The quantitative estimate of drug-likeness (QED) is 0.650. The molecule has 0 aliphatic heterocycles. The molecule has 0 spiro atoms. The predicted molar refractivity (Wildman–Crippen MR) is 96.0 cm³/mol. The average molecular weight is 386 g/mol. The molecular formula is C17H16BrN5O. The summed E-state index contributed by atoms with van der Waals surface area (Å²) < 4.78 is 6.11. The van der Waals surface area contributed by atoms with E-state index in [0.717, 1.165) is 21.5 Å². The molecule has 1 saturated carbocycles. The standard InChI is InChI=1S/C17H16BrN5O/c1-10-4-2-3-5-13(10)20-17-19-9-12(18)16(22-17)21-15-8-14(24-23-15)11-6-7-11/h2-5,8-9,11H,6-7H2,1H3,(H2,19,20,21,22,23). The van der Waals surface area contributed by atoms with Crippen LogP contribution in [-0.4, -0.2) is 15.1 Å². The molecule has 2 heterocycles. The number of hydrogen-bond acceptors (Lipinski definition) is 6. The molecule has 6 nitrogen and oxygen atoms in total. The Kier molecular flexibility index (Phi) is 3.93. The lowest BCUT2D eigenvalue weighted by molar-refractivity contribution is 0.387. The highest BCUT2D eigenvalue weighted by Crippen LogP contribution is 2.41. The maximum absolute atomic E-state index is 5.36. The lowest BCUT2D eigenvalue weighted by Gasteiger charge is -2.10. The first-order valence-corrected chi connectivity index (χ1v) is 8.57. The first kappa shape index (κ1) is 15.1. The second-order valence-corrected chi connectivity index (χ2v) is 6.70. The third kappa shape index (κ3) is 3.26. The Morgan fingerprint density at radius 1 is 1.21 bits per heavy atom. The Balaban J connectivity index is 1.55. The van der Waals surface area contributed by atoms with Crippen LogP contribution in [0.5, 0.6) is 0 Å². The molecule has 1 aliphatic carbocycles. The van der Waals surface area contributed by atoms with Crippen LogP contribution in [0, 0.1) is 6.92 Å². The van der Waals surface area contributed by atoms with Crippen molar-refractivity contribution in [2.75, 3.05) is 10.6 Å². The summed E-state index contributed by atoms with van der Waals surface area (Å²) in [4.78, 5) is 8.82. The van der Waals surface area contributed by atoms with Gasteiger partial charge in [0.2, 0.25) is 5.95 Å². The highest BCUT2D eigenvalue weighted by atomic mass is 79.9. The van der Waals surface area contributed by atoms with E-state index in [2.05, 4.69) is 41.7 Å².